The summed E-state index contributed by atoms with van der Waals surface area (Å²) in [6, 6.07) is 15.8. The van der Waals surface area contributed by atoms with Crippen LogP contribution in [0.5, 0.6) is 0 Å². The van der Waals surface area contributed by atoms with E-state index in [2.05, 4.69) is 56.4 Å². The summed E-state index contributed by atoms with van der Waals surface area (Å²) in [6.07, 6.45) is 0. The normalized spacial score (nSPS) is 13.2. The van der Waals surface area contributed by atoms with Crippen LogP contribution < -0.4 is 5.32 Å². The number of benzene rings is 2. The van der Waals surface area contributed by atoms with Gasteiger partial charge in [-0.25, -0.2) is 4.39 Å². The molecule has 112 valence electrons. The largest absolute Gasteiger partial charge is 0.309 e. The predicted molar refractivity (Wildman–Crippen MR) is 87.0 cm³/mol. The summed E-state index contributed by atoms with van der Waals surface area (Å²) >= 11 is 0. The third-order valence-electron chi connectivity index (χ3n) is 4.05. The van der Waals surface area contributed by atoms with Gasteiger partial charge in [0.25, 0.3) is 0 Å². The Morgan fingerprint density at radius 3 is 2.33 bits per heavy atom. The lowest BCUT2D eigenvalue weighted by Gasteiger charge is -2.36. The van der Waals surface area contributed by atoms with Crippen molar-refractivity contribution in [1.82, 2.24) is 5.32 Å². The summed E-state index contributed by atoms with van der Waals surface area (Å²) in [6.45, 7) is 9.27. The van der Waals surface area contributed by atoms with Crippen molar-refractivity contribution in [3.05, 3.63) is 71.0 Å². The van der Waals surface area contributed by atoms with Crippen LogP contribution in [0, 0.1) is 12.7 Å². The van der Waals surface area contributed by atoms with E-state index in [4.69, 9.17) is 0 Å². The van der Waals surface area contributed by atoms with Crippen LogP contribution in [-0.2, 0) is 5.41 Å². The highest BCUT2D eigenvalue weighted by atomic mass is 19.1. The first-order chi connectivity index (χ1) is 9.95. The van der Waals surface area contributed by atoms with Crippen molar-refractivity contribution in [2.24, 2.45) is 0 Å². The first-order valence-corrected chi connectivity index (χ1v) is 7.51. The molecule has 21 heavy (non-hydrogen) atoms. The van der Waals surface area contributed by atoms with E-state index in [0.29, 0.717) is 0 Å². The van der Waals surface area contributed by atoms with Gasteiger partial charge in [0, 0.05) is 11.5 Å². The molecule has 0 radical (unpaired) electrons. The van der Waals surface area contributed by atoms with Crippen molar-refractivity contribution in [1.29, 1.82) is 0 Å². The molecule has 0 aromatic heterocycles. The van der Waals surface area contributed by atoms with Gasteiger partial charge in [-0.3, -0.25) is 0 Å². The summed E-state index contributed by atoms with van der Waals surface area (Å²) in [4.78, 5) is 0. The standard InChI is InChI=1S/C19H24FN/c1-5-21-18(15-11-14(2)12-17(20)13-15)19(3,4)16-9-7-6-8-10-16/h6-13,18,21H,5H2,1-4H3. The summed E-state index contributed by atoms with van der Waals surface area (Å²) < 4.78 is 13.8. The van der Waals surface area contributed by atoms with Crippen LogP contribution in [0.4, 0.5) is 4.39 Å². The van der Waals surface area contributed by atoms with E-state index in [1.165, 1.54) is 5.56 Å². The molecule has 0 aliphatic rings. The van der Waals surface area contributed by atoms with E-state index in [0.717, 1.165) is 17.7 Å². The molecule has 0 spiro atoms. The number of likely N-dealkylation sites (N-methyl/N-ethyl adjacent to an activating group) is 1. The second kappa shape index (κ2) is 6.40. The zero-order valence-electron chi connectivity index (χ0n) is 13.3. The Kier molecular flexibility index (Phi) is 4.79. The highest BCUT2D eigenvalue weighted by molar-refractivity contribution is 5.34. The van der Waals surface area contributed by atoms with Gasteiger partial charge < -0.3 is 5.32 Å². The molecule has 0 bridgehead atoms. The van der Waals surface area contributed by atoms with E-state index in [1.54, 1.807) is 12.1 Å². The number of rotatable bonds is 5. The Labute approximate surface area is 127 Å². The van der Waals surface area contributed by atoms with Gasteiger partial charge in [-0.2, -0.15) is 0 Å². The molecule has 0 aliphatic carbocycles. The fraction of sp³-hybridized carbons (Fsp3) is 0.368. The van der Waals surface area contributed by atoms with Crippen LogP contribution in [0.25, 0.3) is 0 Å². The van der Waals surface area contributed by atoms with Gasteiger partial charge in [-0.15, -0.1) is 0 Å². The first-order valence-electron chi connectivity index (χ1n) is 7.51. The molecule has 1 nitrogen and oxygen atoms in total. The maximum atomic E-state index is 13.8. The smallest absolute Gasteiger partial charge is 0.123 e. The van der Waals surface area contributed by atoms with Gasteiger partial charge in [-0.1, -0.05) is 57.2 Å². The number of halogens is 1. The average molecular weight is 285 g/mol. The Morgan fingerprint density at radius 1 is 1.10 bits per heavy atom. The molecule has 2 aromatic carbocycles. The number of hydrogen-bond acceptors (Lipinski definition) is 1. The molecule has 0 saturated heterocycles. The highest BCUT2D eigenvalue weighted by Crippen LogP contribution is 2.37. The van der Waals surface area contributed by atoms with E-state index >= 15 is 0 Å². The Hall–Kier alpha value is -1.67. The average Bonchev–Trinajstić information content (AvgIpc) is 2.44. The van der Waals surface area contributed by atoms with Gasteiger partial charge in [0.15, 0.2) is 0 Å². The van der Waals surface area contributed by atoms with Gasteiger partial charge in [0.2, 0.25) is 0 Å². The fourth-order valence-corrected chi connectivity index (χ4v) is 2.96. The fourth-order valence-electron chi connectivity index (χ4n) is 2.96. The van der Waals surface area contributed by atoms with E-state index in [-0.39, 0.29) is 17.3 Å². The molecule has 1 N–H and O–H groups in total. The molecule has 2 rings (SSSR count). The molecule has 2 aromatic rings. The van der Waals surface area contributed by atoms with E-state index in [9.17, 15) is 4.39 Å². The monoisotopic (exact) mass is 285 g/mol. The molecule has 0 fully saturated rings. The SMILES string of the molecule is CCNC(c1cc(C)cc(F)c1)C(C)(C)c1ccccc1. The Balaban J connectivity index is 2.47. The predicted octanol–water partition coefficient (Wildman–Crippen LogP) is 4.76. The molecular weight excluding hydrogens is 261 g/mol. The first kappa shape index (κ1) is 15.7. The maximum Gasteiger partial charge on any atom is 0.123 e. The summed E-state index contributed by atoms with van der Waals surface area (Å²) in [5.41, 5.74) is 3.08. The highest BCUT2D eigenvalue weighted by Gasteiger charge is 2.32. The minimum Gasteiger partial charge on any atom is -0.309 e. The lowest BCUT2D eigenvalue weighted by atomic mass is 9.74. The number of hydrogen-bond donors (Lipinski definition) is 1. The molecule has 0 heterocycles. The van der Waals surface area contributed by atoms with Crippen LogP contribution in [0.1, 0.15) is 43.5 Å². The number of aryl methyl sites for hydroxylation is 1. The minimum atomic E-state index is -0.170. The number of nitrogens with one attached hydrogen (secondary N) is 1. The molecule has 0 saturated carbocycles. The summed E-state index contributed by atoms with van der Waals surface area (Å²) in [5, 5.41) is 3.53. The maximum absolute atomic E-state index is 13.8. The van der Waals surface area contributed by atoms with Gasteiger partial charge in [0.05, 0.1) is 0 Å². The molecule has 1 unspecified atom stereocenters. The van der Waals surface area contributed by atoms with Crippen LogP contribution in [-0.4, -0.2) is 6.54 Å². The Bertz CT molecular complexity index is 570. The van der Waals surface area contributed by atoms with Crippen LogP contribution >= 0.6 is 0 Å². The van der Waals surface area contributed by atoms with Crippen LogP contribution in [0.15, 0.2) is 48.5 Å². The zero-order valence-corrected chi connectivity index (χ0v) is 13.3. The Morgan fingerprint density at radius 2 is 1.76 bits per heavy atom. The third kappa shape index (κ3) is 3.51. The van der Waals surface area contributed by atoms with Crippen LogP contribution in [0.2, 0.25) is 0 Å². The topological polar surface area (TPSA) is 12.0 Å². The molecule has 0 aliphatic heterocycles. The van der Waals surface area contributed by atoms with E-state index in [1.807, 2.05) is 13.0 Å². The lowest BCUT2D eigenvalue weighted by molar-refractivity contribution is 0.352. The van der Waals surface area contributed by atoms with Crippen molar-refractivity contribution < 1.29 is 4.39 Å². The third-order valence-corrected chi connectivity index (χ3v) is 4.05. The summed E-state index contributed by atoms with van der Waals surface area (Å²) in [7, 11) is 0. The minimum absolute atomic E-state index is 0.0688. The van der Waals surface area contributed by atoms with Crippen molar-refractivity contribution in [3.63, 3.8) is 0 Å². The van der Waals surface area contributed by atoms with Crippen molar-refractivity contribution >= 4 is 0 Å². The van der Waals surface area contributed by atoms with Crippen molar-refractivity contribution in [2.75, 3.05) is 6.54 Å². The van der Waals surface area contributed by atoms with Crippen molar-refractivity contribution in [2.45, 2.75) is 39.2 Å². The molecule has 1 atom stereocenters. The molecular formula is C19H24FN. The lowest BCUT2D eigenvalue weighted by Crippen LogP contribution is -2.37. The second-order valence-electron chi connectivity index (χ2n) is 6.14. The van der Waals surface area contributed by atoms with Crippen LogP contribution in [0.3, 0.4) is 0 Å². The quantitative estimate of drug-likeness (QED) is 0.835. The van der Waals surface area contributed by atoms with Gasteiger partial charge in [0.1, 0.15) is 5.82 Å². The zero-order chi connectivity index (χ0) is 15.5. The molecule has 0 amide bonds. The molecule has 2 heteroatoms. The van der Waals surface area contributed by atoms with Gasteiger partial charge in [-0.05, 0) is 42.3 Å². The van der Waals surface area contributed by atoms with Crippen molar-refractivity contribution in [3.8, 4) is 0 Å². The second-order valence-corrected chi connectivity index (χ2v) is 6.14. The van der Waals surface area contributed by atoms with Gasteiger partial charge >= 0.3 is 0 Å². The van der Waals surface area contributed by atoms with E-state index < -0.39 is 0 Å². The summed E-state index contributed by atoms with van der Waals surface area (Å²) in [5.74, 6) is -0.170.